The van der Waals surface area contributed by atoms with Gasteiger partial charge in [0.1, 0.15) is 0 Å². The number of rotatable bonds is 4. The maximum Gasteiger partial charge on any atom is 0.00223 e. The van der Waals surface area contributed by atoms with Crippen LogP contribution in [0.2, 0.25) is 0 Å². The lowest BCUT2D eigenvalue weighted by molar-refractivity contribution is 0.0247. The Balaban J connectivity index is 2.35. The van der Waals surface area contributed by atoms with Crippen molar-refractivity contribution in [3.05, 3.63) is 0 Å². The lowest BCUT2D eigenvalue weighted by atomic mass is 9.58. The summed E-state index contributed by atoms with van der Waals surface area (Å²) in [6.45, 7) is 2.75. The van der Waals surface area contributed by atoms with Gasteiger partial charge < -0.3 is 22.9 Å². The smallest absolute Gasteiger partial charge is 0.00223 e. The summed E-state index contributed by atoms with van der Waals surface area (Å²) in [5.41, 5.74) is 24.0. The van der Waals surface area contributed by atoms with E-state index in [0.717, 1.165) is 18.9 Å². The molecule has 8 N–H and O–H groups in total. The van der Waals surface area contributed by atoms with Crippen LogP contribution in [0.25, 0.3) is 0 Å². The van der Waals surface area contributed by atoms with Crippen molar-refractivity contribution in [2.45, 2.75) is 19.3 Å². The molecule has 0 aliphatic heterocycles. The highest BCUT2D eigenvalue weighted by Crippen LogP contribution is 2.65. The maximum atomic E-state index is 6.03. The average Bonchev–Trinajstić information content (AvgIpc) is 2.80. The van der Waals surface area contributed by atoms with E-state index in [4.69, 9.17) is 22.9 Å². The molecule has 2 fully saturated rings. The van der Waals surface area contributed by atoms with E-state index in [9.17, 15) is 0 Å². The third-order valence-electron chi connectivity index (χ3n) is 5.22. The van der Waals surface area contributed by atoms with E-state index in [1.165, 1.54) is 12.8 Å². The number of hydrogen-bond donors (Lipinski definition) is 4. The predicted molar refractivity (Wildman–Crippen MR) is 61.9 cm³/mol. The van der Waals surface area contributed by atoms with Crippen molar-refractivity contribution in [2.75, 3.05) is 26.2 Å². The van der Waals surface area contributed by atoms with Gasteiger partial charge in [-0.05, 0) is 62.7 Å². The topological polar surface area (TPSA) is 104 Å². The molecule has 2 rings (SSSR count). The van der Waals surface area contributed by atoms with Crippen LogP contribution in [0.3, 0.4) is 0 Å². The minimum absolute atomic E-state index is 0.0642. The van der Waals surface area contributed by atoms with E-state index >= 15 is 0 Å². The Hall–Kier alpha value is -0.160. The fraction of sp³-hybridized carbons (Fsp3) is 1.00. The van der Waals surface area contributed by atoms with E-state index in [1.807, 2.05) is 0 Å². The van der Waals surface area contributed by atoms with Gasteiger partial charge in [-0.1, -0.05) is 0 Å². The summed E-state index contributed by atoms with van der Waals surface area (Å²) in [6.07, 6.45) is 3.59. The van der Waals surface area contributed by atoms with Gasteiger partial charge in [0, 0.05) is 5.41 Å². The van der Waals surface area contributed by atoms with Crippen LogP contribution in [-0.2, 0) is 0 Å². The minimum Gasteiger partial charge on any atom is -0.330 e. The maximum absolute atomic E-state index is 6.03. The van der Waals surface area contributed by atoms with Crippen LogP contribution >= 0.6 is 0 Å². The molecule has 0 aromatic carbocycles. The van der Waals surface area contributed by atoms with Crippen molar-refractivity contribution in [3.63, 3.8) is 0 Å². The molecule has 0 aromatic heterocycles. The molecule has 4 nitrogen and oxygen atoms in total. The Kier molecular flexibility index (Phi) is 2.79. The van der Waals surface area contributed by atoms with Crippen molar-refractivity contribution in [3.8, 4) is 0 Å². The Morgan fingerprint density at radius 1 is 0.933 bits per heavy atom. The normalized spacial score (nSPS) is 42.4. The quantitative estimate of drug-likeness (QED) is 0.491. The van der Waals surface area contributed by atoms with Crippen LogP contribution in [0.1, 0.15) is 19.3 Å². The Bertz CT molecular complexity index is 239. The van der Waals surface area contributed by atoms with Gasteiger partial charge in [0.25, 0.3) is 0 Å². The van der Waals surface area contributed by atoms with Crippen LogP contribution in [0.5, 0.6) is 0 Å². The number of nitrogens with two attached hydrogens (primary N) is 4. The number of hydrogen-bond acceptors (Lipinski definition) is 4. The molecule has 2 saturated carbocycles. The van der Waals surface area contributed by atoms with Gasteiger partial charge in [-0.25, -0.2) is 0 Å². The summed E-state index contributed by atoms with van der Waals surface area (Å²) in [6, 6.07) is 0. The molecule has 2 aliphatic carbocycles. The van der Waals surface area contributed by atoms with Crippen molar-refractivity contribution >= 4 is 0 Å². The second kappa shape index (κ2) is 3.70. The van der Waals surface area contributed by atoms with Gasteiger partial charge in [-0.3, -0.25) is 0 Å². The van der Waals surface area contributed by atoms with Crippen molar-refractivity contribution in [1.82, 2.24) is 0 Å². The lowest BCUT2D eigenvalue weighted by Gasteiger charge is -2.49. The minimum atomic E-state index is 0.0642. The third-order valence-corrected chi connectivity index (χ3v) is 5.22. The molecule has 3 atom stereocenters. The zero-order valence-corrected chi connectivity index (χ0v) is 9.41. The molecule has 0 radical (unpaired) electrons. The van der Waals surface area contributed by atoms with E-state index in [2.05, 4.69) is 0 Å². The highest BCUT2D eigenvalue weighted by atomic mass is 14.8. The Morgan fingerprint density at radius 3 is 2.07 bits per heavy atom. The Morgan fingerprint density at radius 2 is 1.60 bits per heavy atom. The molecule has 2 aliphatic rings. The number of fused-ring (bicyclic) bond motifs is 2. The highest BCUT2D eigenvalue weighted by molar-refractivity contribution is 5.15. The first-order valence-electron chi connectivity index (χ1n) is 5.98. The fourth-order valence-corrected chi connectivity index (χ4v) is 4.40. The molecule has 0 saturated heterocycles. The van der Waals surface area contributed by atoms with E-state index < -0.39 is 0 Å². The van der Waals surface area contributed by atoms with Gasteiger partial charge in [0.2, 0.25) is 0 Å². The molecule has 15 heavy (non-hydrogen) atoms. The van der Waals surface area contributed by atoms with Gasteiger partial charge in [-0.2, -0.15) is 0 Å². The first-order valence-corrected chi connectivity index (χ1v) is 5.98. The molecular weight excluding hydrogens is 188 g/mol. The Labute approximate surface area is 91.7 Å². The summed E-state index contributed by atoms with van der Waals surface area (Å²) >= 11 is 0. The third kappa shape index (κ3) is 1.22. The van der Waals surface area contributed by atoms with Crippen molar-refractivity contribution in [2.24, 2.45) is 45.6 Å². The van der Waals surface area contributed by atoms with Crippen LogP contribution in [0, 0.1) is 22.7 Å². The summed E-state index contributed by atoms with van der Waals surface area (Å²) in [4.78, 5) is 0. The van der Waals surface area contributed by atoms with E-state index in [1.54, 1.807) is 0 Å². The summed E-state index contributed by atoms with van der Waals surface area (Å²) in [5.74, 6) is 1.29. The largest absolute Gasteiger partial charge is 0.330 e. The van der Waals surface area contributed by atoms with Gasteiger partial charge in [0.15, 0.2) is 0 Å². The molecule has 4 heteroatoms. The van der Waals surface area contributed by atoms with Gasteiger partial charge in [-0.15, -0.1) is 0 Å². The molecule has 0 heterocycles. The first-order chi connectivity index (χ1) is 7.18. The average molecular weight is 212 g/mol. The second-order valence-electron chi connectivity index (χ2n) is 5.49. The monoisotopic (exact) mass is 212 g/mol. The van der Waals surface area contributed by atoms with E-state index in [-0.39, 0.29) is 10.8 Å². The van der Waals surface area contributed by atoms with Crippen LogP contribution in [0.4, 0.5) is 0 Å². The molecule has 3 unspecified atom stereocenters. The molecule has 0 aromatic rings. The second-order valence-corrected chi connectivity index (χ2v) is 5.49. The summed E-state index contributed by atoms with van der Waals surface area (Å²) in [5, 5.41) is 0. The van der Waals surface area contributed by atoms with Crippen molar-refractivity contribution < 1.29 is 0 Å². The molecular formula is C11H24N4. The standard InChI is InChI=1S/C11H24N4/c12-4-9-1-8-2-10(5-13,6-14)11(9,3-8)7-15/h8-9H,1-7,12-15H2. The van der Waals surface area contributed by atoms with Crippen LogP contribution < -0.4 is 22.9 Å². The SMILES string of the molecule is NCC1CC2CC(CN)(CN)C1(CN)C2. The highest BCUT2D eigenvalue weighted by Gasteiger charge is 2.63. The predicted octanol–water partition coefficient (Wildman–Crippen LogP) is -0.776. The first kappa shape index (κ1) is 11.3. The zero-order valence-electron chi connectivity index (χ0n) is 9.41. The van der Waals surface area contributed by atoms with Crippen molar-refractivity contribution in [1.29, 1.82) is 0 Å². The summed E-state index contributed by atoms with van der Waals surface area (Å²) in [7, 11) is 0. The zero-order chi connectivity index (χ0) is 11.1. The molecule has 88 valence electrons. The summed E-state index contributed by atoms with van der Waals surface area (Å²) < 4.78 is 0. The van der Waals surface area contributed by atoms with Crippen LogP contribution in [0.15, 0.2) is 0 Å². The molecule has 0 amide bonds. The van der Waals surface area contributed by atoms with Gasteiger partial charge in [0.05, 0.1) is 0 Å². The lowest BCUT2D eigenvalue weighted by Crippen LogP contribution is -2.57. The van der Waals surface area contributed by atoms with E-state index in [0.29, 0.717) is 25.6 Å². The molecule has 0 spiro atoms. The van der Waals surface area contributed by atoms with Gasteiger partial charge >= 0.3 is 0 Å². The fourth-order valence-electron chi connectivity index (χ4n) is 4.40. The van der Waals surface area contributed by atoms with Crippen LogP contribution in [-0.4, -0.2) is 26.2 Å². The molecule has 2 bridgehead atoms.